The number of para-hydroxylation sites is 1. The number of aryl methyl sites for hydroxylation is 1. The van der Waals surface area contributed by atoms with E-state index in [2.05, 4.69) is 42.5 Å². The predicted molar refractivity (Wildman–Crippen MR) is 127 cm³/mol. The molecule has 7 nitrogen and oxygen atoms in total. The summed E-state index contributed by atoms with van der Waals surface area (Å²) in [5.41, 5.74) is 3.28. The first-order valence-electron chi connectivity index (χ1n) is 9.22. The van der Waals surface area contributed by atoms with Crippen molar-refractivity contribution < 1.29 is 4.74 Å². The van der Waals surface area contributed by atoms with Crippen LogP contribution in [0.15, 0.2) is 59.9 Å². The van der Waals surface area contributed by atoms with Crippen LogP contribution in [0.2, 0.25) is 0 Å². The van der Waals surface area contributed by atoms with Gasteiger partial charge in [-0.15, -0.1) is 24.0 Å². The van der Waals surface area contributed by atoms with Crippen molar-refractivity contribution in [1.82, 2.24) is 25.4 Å². The fourth-order valence-electron chi connectivity index (χ4n) is 2.86. The van der Waals surface area contributed by atoms with Crippen LogP contribution in [-0.4, -0.2) is 53.3 Å². The first-order chi connectivity index (χ1) is 13.7. The molecule has 0 radical (unpaired) electrons. The Balaban J connectivity index is 0.00000300. The molecule has 0 aliphatic carbocycles. The van der Waals surface area contributed by atoms with Gasteiger partial charge >= 0.3 is 0 Å². The average Bonchev–Trinajstić information content (AvgIpc) is 3.25. The molecule has 154 valence electrons. The normalized spacial score (nSPS) is 10.9. The number of nitrogens with one attached hydrogen (secondary N) is 2. The Bertz CT molecular complexity index is 913. The van der Waals surface area contributed by atoms with Gasteiger partial charge in [0.25, 0.3) is 0 Å². The molecule has 0 aliphatic heterocycles. The number of hydrogen-bond donors (Lipinski definition) is 2. The monoisotopic (exact) mass is 506 g/mol. The van der Waals surface area contributed by atoms with Crippen molar-refractivity contribution in [3.05, 3.63) is 66.0 Å². The third-order valence-electron chi connectivity index (χ3n) is 4.42. The van der Waals surface area contributed by atoms with Crippen LogP contribution in [-0.2, 0) is 6.54 Å². The minimum atomic E-state index is 0. The number of aromatic amines is 1. The van der Waals surface area contributed by atoms with E-state index in [1.54, 1.807) is 7.05 Å². The molecule has 0 fully saturated rings. The van der Waals surface area contributed by atoms with E-state index >= 15 is 0 Å². The molecule has 0 saturated carbocycles. The highest BCUT2D eigenvalue weighted by Gasteiger charge is 2.07. The fourth-order valence-corrected chi connectivity index (χ4v) is 2.86. The van der Waals surface area contributed by atoms with Gasteiger partial charge in [-0.3, -0.25) is 10.1 Å². The molecule has 3 rings (SSSR count). The minimum absolute atomic E-state index is 0. The molecule has 0 aliphatic rings. The molecule has 0 atom stereocenters. The summed E-state index contributed by atoms with van der Waals surface area (Å²) in [5, 5.41) is 10.2. The summed E-state index contributed by atoms with van der Waals surface area (Å²) in [6.07, 6.45) is 1.51. The van der Waals surface area contributed by atoms with Crippen LogP contribution < -0.4 is 10.1 Å². The Morgan fingerprint density at radius 2 is 2.03 bits per heavy atom. The summed E-state index contributed by atoms with van der Waals surface area (Å²) in [7, 11) is 3.79. The standard InChI is InChI=1S/C21H26N6O.HI/c1-16-7-4-5-10-19(16)28-12-11-27(3)21(22-2)23-14-17-8-6-9-18(13-17)20-24-15-25-26-20;/h4-10,13,15H,11-12,14H2,1-3H3,(H,22,23)(H,24,25,26);1H. The number of hydrogen-bond acceptors (Lipinski definition) is 4. The van der Waals surface area contributed by atoms with Gasteiger partial charge in [-0.2, -0.15) is 5.10 Å². The Morgan fingerprint density at radius 1 is 1.21 bits per heavy atom. The lowest BCUT2D eigenvalue weighted by Gasteiger charge is -2.22. The van der Waals surface area contributed by atoms with Crippen LogP contribution >= 0.6 is 24.0 Å². The van der Waals surface area contributed by atoms with Crippen LogP contribution in [0.5, 0.6) is 5.75 Å². The highest BCUT2D eigenvalue weighted by Crippen LogP contribution is 2.16. The Labute approximate surface area is 188 Å². The Morgan fingerprint density at radius 3 is 2.76 bits per heavy atom. The largest absolute Gasteiger partial charge is 0.491 e. The number of aromatic nitrogens is 3. The van der Waals surface area contributed by atoms with Crippen molar-refractivity contribution in [3.63, 3.8) is 0 Å². The summed E-state index contributed by atoms with van der Waals surface area (Å²) in [5.74, 6) is 2.50. The first kappa shape index (κ1) is 22.7. The molecule has 0 bridgehead atoms. The van der Waals surface area contributed by atoms with Crippen LogP contribution in [0.4, 0.5) is 0 Å². The van der Waals surface area contributed by atoms with E-state index in [1.807, 2.05) is 50.4 Å². The van der Waals surface area contributed by atoms with Crippen LogP contribution in [0.3, 0.4) is 0 Å². The number of halogens is 1. The number of benzene rings is 2. The van der Waals surface area contributed by atoms with Crippen molar-refractivity contribution in [1.29, 1.82) is 0 Å². The molecule has 1 aromatic heterocycles. The Kier molecular flexibility index (Phi) is 8.91. The molecule has 0 unspecified atom stereocenters. The second kappa shape index (κ2) is 11.4. The van der Waals surface area contributed by atoms with Gasteiger partial charge < -0.3 is 15.0 Å². The zero-order valence-corrected chi connectivity index (χ0v) is 19.3. The van der Waals surface area contributed by atoms with Gasteiger partial charge in [0.15, 0.2) is 11.8 Å². The van der Waals surface area contributed by atoms with Crippen LogP contribution in [0.1, 0.15) is 11.1 Å². The number of ether oxygens (including phenoxy) is 1. The van der Waals surface area contributed by atoms with Gasteiger partial charge in [-0.25, -0.2) is 4.98 Å². The third kappa shape index (κ3) is 6.45. The van der Waals surface area contributed by atoms with Gasteiger partial charge in [0, 0.05) is 26.2 Å². The highest BCUT2D eigenvalue weighted by molar-refractivity contribution is 14.0. The second-order valence-corrected chi connectivity index (χ2v) is 6.47. The number of aliphatic imine (C=N–C) groups is 1. The van der Waals surface area contributed by atoms with Crippen molar-refractivity contribution in [2.45, 2.75) is 13.5 Å². The topological polar surface area (TPSA) is 78.4 Å². The number of likely N-dealkylation sites (N-methyl/N-ethyl adjacent to an activating group) is 1. The second-order valence-electron chi connectivity index (χ2n) is 6.47. The fraction of sp³-hybridized carbons (Fsp3) is 0.286. The summed E-state index contributed by atoms with van der Waals surface area (Å²) in [6.45, 7) is 4.03. The molecule has 2 N–H and O–H groups in total. The smallest absolute Gasteiger partial charge is 0.193 e. The van der Waals surface area contributed by atoms with E-state index in [0.717, 1.165) is 40.8 Å². The van der Waals surface area contributed by atoms with Crippen molar-refractivity contribution in [2.24, 2.45) is 4.99 Å². The summed E-state index contributed by atoms with van der Waals surface area (Å²) < 4.78 is 5.88. The molecule has 3 aromatic rings. The van der Waals surface area contributed by atoms with Gasteiger partial charge in [0.05, 0.1) is 6.54 Å². The highest BCUT2D eigenvalue weighted by atomic mass is 127. The predicted octanol–water partition coefficient (Wildman–Crippen LogP) is 3.48. The molecule has 0 amide bonds. The molecule has 0 saturated heterocycles. The molecule has 8 heteroatoms. The van der Waals surface area contributed by atoms with E-state index in [9.17, 15) is 0 Å². The zero-order chi connectivity index (χ0) is 19.8. The Hall–Kier alpha value is -2.62. The van der Waals surface area contributed by atoms with Gasteiger partial charge in [-0.1, -0.05) is 36.4 Å². The lowest BCUT2D eigenvalue weighted by molar-refractivity contribution is 0.280. The van der Waals surface area contributed by atoms with E-state index in [0.29, 0.717) is 13.2 Å². The maximum Gasteiger partial charge on any atom is 0.193 e. The van der Waals surface area contributed by atoms with E-state index in [-0.39, 0.29) is 24.0 Å². The third-order valence-corrected chi connectivity index (χ3v) is 4.42. The van der Waals surface area contributed by atoms with Crippen molar-refractivity contribution >= 4 is 29.9 Å². The number of H-pyrrole nitrogens is 1. The lowest BCUT2D eigenvalue weighted by atomic mass is 10.1. The molecule has 0 spiro atoms. The van der Waals surface area contributed by atoms with Crippen LogP contribution in [0, 0.1) is 6.92 Å². The number of nitrogens with zero attached hydrogens (tertiary/aromatic N) is 4. The van der Waals surface area contributed by atoms with E-state index in [1.165, 1.54) is 6.33 Å². The van der Waals surface area contributed by atoms with Crippen molar-refractivity contribution in [2.75, 3.05) is 27.2 Å². The summed E-state index contributed by atoms with van der Waals surface area (Å²) >= 11 is 0. The van der Waals surface area contributed by atoms with E-state index in [4.69, 9.17) is 4.74 Å². The average molecular weight is 506 g/mol. The molecule has 1 heterocycles. The summed E-state index contributed by atoms with van der Waals surface area (Å²) in [4.78, 5) is 10.6. The van der Waals surface area contributed by atoms with Crippen molar-refractivity contribution in [3.8, 4) is 17.1 Å². The molecule has 2 aromatic carbocycles. The molecular formula is C21H27IN6O. The molecular weight excluding hydrogens is 479 g/mol. The SMILES string of the molecule is CN=C(NCc1cccc(-c2ncn[nH]2)c1)N(C)CCOc1ccccc1C.I. The van der Waals surface area contributed by atoms with Gasteiger partial charge in [-0.05, 0) is 30.2 Å². The minimum Gasteiger partial charge on any atom is -0.491 e. The van der Waals surface area contributed by atoms with Crippen LogP contribution in [0.25, 0.3) is 11.4 Å². The van der Waals surface area contributed by atoms with Gasteiger partial charge in [0.2, 0.25) is 0 Å². The van der Waals surface area contributed by atoms with Gasteiger partial charge in [0.1, 0.15) is 18.7 Å². The number of guanidine groups is 1. The maximum atomic E-state index is 5.88. The summed E-state index contributed by atoms with van der Waals surface area (Å²) in [6, 6.07) is 16.2. The van der Waals surface area contributed by atoms with E-state index < -0.39 is 0 Å². The number of rotatable bonds is 7. The first-order valence-corrected chi connectivity index (χ1v) is 9.22. The quantitative estimate of drug-likeness (QED) is 0.292. The zero-order valence-electron chi connectivity index (χ0n) is 16.9. The maximum absolute atomic E-state index is 5.88. The molecule has 29 heavy (non-hydrogen) atoms. The lowest BCUT2D eigenvalue weighted by Crippen LogP contribution is -2.40.